The second-order valence-corrected chi connectivity index (χ2v) is 10.2. The minimum absolute atomic E-state index is 0.0115. The Morgan fingerprint density at radius 1 is 1.21 bits per heavy atom. The molecule has 3 aliphatic rings. The molecule has 0 radical (unpaired) electrons. The van der Waals surface area contributed by atoms with Crippen LogP contribution in [0.3, 0.4) is 0 Å². The largest absolute Gasteiger partial charge is 0.478 e. The lowest BCUT2D eigenvalue weighted by Gasteiger charge is -2.38. The predicted molar refractivity (Wildman–Crippen MR) is 135 cm³/mol. The van der Waals surface area contributed by atoms with Gasteiger partial charge >= 0.3 is 12.1 Å². The first-order chi connectivity index (χ1) is 18.6. The number of ether oxygens (including phenoxy) is 2. The topological polar surface area (TPSA) is 89.0 Å². The summed E-state index contributed by atoms with van der Waals surface area (Å²) in [4.78, 5) is 31.6. The van der Waals surface area contributed by atoms with E-state index in [2.05, 4.69) is 4.98 Å². The van der Waals surface area contributed by atoms with E-state index in [9.17, 15) is 27.9 Å². The summed E-state index contributed by atoms with van der Waals surface area (Å²) in [6.45, 7) is 0.442. The summed E-state index contributed by atoms with van der Waals surface area (Å²) in [5, 5.41) is 10.4. The summed E-state index contributed by atoms with van der Waals surface area (Å²) in [7, 11) is 0. The Morgan fingerprint density at radius 3 is 2.64 bits per heavy atom. The van der Waals surface area contributed by atoms with Crippen molar-refractivity contribution in [1.82, 2.24) is 9.88 Å². The number of para-hydroxylation sites is 1. The first-order valence-corrected chi connectivity index (χ1v) is 13.0. The van der Waals surface area contributed by atoms with Crippen molar-refractivity contribution < 1.29 is 37.3 Å². The number of amides is 1. The number of nitrogens with zero attached hydrogens (tertiary/aromatic N) is 2. The maximum absolute atomic E-state index is 13.8. The first-order valence-electron chi connectivity index (χ1n) is 12.7. The van der Waals surface area contributed by atoms with Crippen molar-refractivity contribution in [1.29, 1.82) is 0 Å². The van der Waals surface area contributed by atoms with Crippen molar-refractivity contribution in [3.63, 3.8) is 0 Å². The number of alkyl halides is 3. The molecule has 39 heavy (non-hydrogen) atoms. The Balaban J connectivity index is 1.40. The van der Waals surface area contributed by atoms with Crippen LogP contribution in [0.1, 0.15) is 53.7 Å². The molecular formula is C28H26ClF3N2O5. The van der Waals surface area contributed by atoms with Crippen LogP contribution in [0.5, 0.6) is 5.75 Å². The van der Waals surface area contributed by atoms with Gasteiger partial charge in [-0.1, -0.05) is 18.2 Å². The van der Waals surface area contributed by atoms with Crippen LogP contribution in [-0.2, 0) is 22.1 Å². The fourth-order valence-electron chi connectivity index (χ4n) is 5.06. The maximum Gasteiger partial charge on any atom is 0.433 e. The Labute approximate surface area is 227 Å². The molecule has 206 valence electrons. The van der Waals surface area contributed by atoms with E-state index < -0.39 is 23.4 Å². The van der Waals surface area contributed by atoms with Gasteiger partial charge in [-0.15, -0.1) is 0 Å². The highest BCUT2D eigenvalue weighted by molar-refractivity contribution is 6.28. The molecule has 2 heterocycles. The zero-order valence-corrected chi connectivity index (χ0v) is 21.6. The quantitative estimate of drug-likeness (QED) is 0.441. The van der Waals surface area contributed by atoms with E-state index in [1.54, 1.807) is 29.2 Å². The van der Waals surface area contributed by atoms with Crippen LogP contribution in [-0.4, -0.2) is 51.7 Å². The summed E-state index contributed by atoms with van der Waals surface area (Å²) in [5.41, 5.74) is -0.688. The third kappa shape index (κ3) is 5.61. The molecule has 2 aliphatic carbocycles. The monoisotopic (exact) mass is 562 g/mol. The highest BCUT2D eigenvalue weighted by atomic mass is 35.5. The van der Waals surface area contributed by atoms with Crippen LogP contribution < -0.4 is 4.74 Å². The van der Waals surface area contributed by atoms with Crippen molar-refractivity contribution in [3.05, 3.63) is 81.9 Å². The number of carboxylic acids is 1. The van der Waals surface area contributed by atoms with Crippen molar-refractivity contribution in [2.45, 2.75) is 56.3 Å². The van der Waals surface area contributed by atoms with Crippen molar-refractivity contribution in [2.75, 3.05) is 13.2 Å². The van der Waals surface area contributed by atoms with E-state index in [-0.39, 0.29) is 48.1 Å². The number of hydrogen-bond donors (Lipinski definition) is 1. The van der Waals surface area contributed by atoms with E-state index in [1.165, 1.54) is 18.3 Å². The standard InChI is InChI=1S/C28H26ClF3N2O5/c29-24-14-21-18(16-38-24)4-3-12-27(21,26(36)37)39-22-6-2-1-5-20(22)25(35)34(19-8-9-19)13-11-17-7-10-23(33-15-17)28(30,31)32/h1-2,5-7,10,14-15,19H,3-4,8-9,11-13,16H2,(H,36,37). The number of pyridine rings is 1. The Morgan fingerprint density at radius 2 is 1.97 bits per heavy atom. The second kappa shape index (κ2) is 10.6. The average Bonchev–Trinajstić information content (AvgIpc) is 3.74. The molecule has 11 heteroatoms. The molecule has 7 nitrogen and oxygen atoms in total. The summed E-state index contributed by atoms with van der Waals surface area (Å²) in [6, 6.07) is 8.78. The molecule has 5 rings (SSSR count). The molecular weight excluding hydrogens is 537 g/mol. The summed E-state index contributed by atoms with van der Waals surface area (Å²) >= 11 is 6.09. The van der Waals surface area contributed by atoms with Gasteiger partial charge in [0.05, 0.1) is 5.56 Å². The Kier molecular flexibility index (Phi) is 7.33. The van der Waals surface area contributed by atoms with E-state index in [4.69, 9.17) is 21.1 Å². The van der Waals surface area contributed by atoms with Gasteiger partial charge in [-0.2, -0.15) is 13.2 Å². The molecule has 1 aromatic heterocycles. The van der Waals surface area contributed by atoms with E-state index in [1.807, 2.05) is 0 Å². The van der Waals surface area contributed by atoms with Gasteiger partial charge in [0.2, 0.25) is 5.60 Å². The van der Waals surface area contributed by atoms with Gasteiger partial charge < -0.3 is 19.5 Å². The molecule has 0 spiro atoms. The molecule has 1 atom stereocenters. The smallest absolute Gasteiger partial charge is 0.433 e. The van der Waals surface area contributed by atoms with Gasteiger partial charge in [0, 0.05) is 36.9 Å². The highest BCUT2D eigenvalue weighted by Crippen LogP contribution is 2.43. The zero-order chi connectivity index (χ0) is 27.8. The number of hydrogen-bond acceptors (Lipinski definition) is 5. The molecule has 2 aromatic rings. The van der Waals surface area contributed by atoms with Crippen LogP contribution in [0.4, 0.5) is 13.2 Å². The lowest BCUT2D eigenvalue weighted by atomic mass is 9.78. The Bertz CT molecular complexity index is 1340. The number of carboxylic acid groups (broad SMARTS) is 1. The fourth-order valence-corrected chi connectivity index (χ4v) is 5.22. The van der Waals surface area contributed by atoms with Gasteiger partial charge in [-0.25, -0.2) is 4.79 Å². The minimum atomic E-state index is -4.52. The van der Waals surface area contributed by atoms with Gasteiger partial charge in [0.15, 0.2) is 5.22 Å². The molecule has 0 bridgehead atoms. The van der Waals surface area contributed by atoms with Crippen LogP contribution in [0.2, 0.25) is 0 Å². The minimum Gasteiger partial charge on any atom is -0.478 e. The highest BCUT2D eigenvalue weighted by Gasteiger charge is 2.49. The molecule has 1 aliphatic heterocycles. The number of rotatable bonds is 8. The third-order valence-corrected chi connectivity index (χ3v) is 7.44. The van der Waals surface area contributed by atoms with Crippen LogP contribution in [0, 0.1) is 0 Å². The molecule has 1 aromatic carbocycles. The molecule has 1 unspecified atom stereocenters. The van der Waals surface area contributed by atoms with Gasteiger partial charge in [0.1, 0.15) is 18.1 Å². The number of carbonyl (C=O) groups is 2. The first kappa shape index (κ1) is 27.1. The molecule has 1 N–H and O–H groups in total. The third-order valence-electron chi connectivity index (χ3n) is 7.22. The number of halogens is 4. The van der Waals surface area contributed by atoms with E-state index in [0.717, 1.165) is 24.5 Å². The average molecular weight is 563 g/mol. The van der Waals surface area contributed by atoms with Crippen molar-refractivity contribution in [2.24, 2.45) is 0 Å². The van der Waals surface area contributed by atoms with E-state index >= 15 is 0 Å². The van der Waals surface area contributed by atoms with E-state index in [0.29, 0.717) is 30.4 Å². The summed E-state index contributed by atoms with van der Waals surface area (Å²) in [6.07, 6.45) is 1.46. The molecule has 1 saturated carbocycles. The fraction of sp³-hybridized carbons (Fsp3) is 0.393. The number of aliphatic carboxylic acids is 1. The van der Waals surface area contributed by atoms with Crippen LogP contribution in [0.25, 0.3) is 0 Å². The van der Waals surface area contributed by atoms with Crippen molar-refractivity contribution >= 4 is 23.5 Å². The van der Waals surface area contributed by atoms with Crippen molar-refractivity contribution in [3.8, 4) is 5.75 Å². The molecule has 1 amide bonds. The Hall–Kier alpha value is -3.53. The second-order valence-electron chi connectivity index (χ2n) is 9.87. The lowest BCUT2D eigenvalue weighted by molar-refractivity contribution is -0.153. The van der Waals surface area contributed by atoms with Gasteiger partial charge in [-0.3, -0.25) is 9.78 Å². The van der Waals surface area contributed by atoms with Crippen LogP contribution >= 0.6 is 11.6 Å². The maximum atomic E-state index is 13.8. The molecule has 0 saturated heterocycles. The zero-order valence-electron chi connectivity index (χ0n) is 20.8. The van der Waals surface area contributed by atoms with Gasteiger partial charge in [0.25, 0.3) is 5.91 Å². The summed E-state index contributed by atoms with van der Waals surface area (Å²) in [5.74, 6) is -1.39. The number of aromatic nitrogens is 1. The number of carbonyl (C=O) groups excluding carboxylic acids is 1. The molecule has 1 fully saturated rings. The predicted octanol–water partition coefficient (Wildman–Crippen LogP) is 5.74. The van der Waals surface area contributed by atoms with Gasteiger partial charge in [-0.05, 0) is 73.0 Å². The normalized spacial score (nSPS) is 21.0. The number of benzene rings is 1. The SMILES string of the molecule is O=C(c1ccccc1OC1(C(=O)O)CCCC2=C1C=C(Cl)OC2)N(CCc1ccc(C(F)(F)F)nc1)C1CC1. The lowest BCUT2D eigenvalue weighted by Crippen LogP contribution is -2.49. The summed E-state index contributed by atoms with van der Waals surface area (Å²) < 4.78 is 50.2. The van der Waals surface area contributed by atoms with Crippen LogP contribution in [0.15, 0.2) is 65.0 Å².